The molecule has 3 rings (SSSR count). The smallest absolute Gasteiger partial charge is 0.334 e. The summed E-state index contributed by atoms with van der Waals surface area (Å²) in [5.41, 5.74) is 1.11. The molecule has 1 aromatic heterocycles. The van der Waals surface area contributed by atoms with Crippen molar-refractivity contribution >= 4 is 9.84 Å². The second-order valence-corrected chi connectivity index (χ2v) is 8.68. The van der Waals surface area contributed by atoms with Crippen LogP contribution < -0.4 is 0 Å². The van der Waals surface area contributed by atoms with E-state index in [0.29, 0.717) is 24.0 Å². The number of halogens is 5. The molecule has 0 amide bonds. The summed E-state index contributed by atoms with van der Waals surface area (Å²) in [6, 6.07) is 6.32. The minimum absolute atomic E-state index is 0.0879. The van der Waals surface area contributed by atoms with Gasteiger partial charge in [-0.15, -0.1) is 0 Å². The van der Waals surface area contributed by atoms with Crippen LogP contribution in [0.2, 0.25) is 0 Å². The van der Waals surface area contributed by atoms with E-state index in [1.807, 2.05) is 6.07 Å². The van der Waals surface area contributed by atoms with Crippen molar-refractivity contribution in [2.45, 2.75) is 24.9 Å². The number of aryl methyl sites for hydroxylation is 2. The number of aromatic amines is 1. The molecule has 0 saturated carbocycles. The fourth-order valence-electron chi connectivity index (χ4n) is 3.10. The third-order valence-electron chi connectivity index (χ3n) is 4.13. The highest BCUT2D eigenvalue weighted by atomic mass is 32.2. The van der Waals surface area contributed by atoms with Crippen LogP contribution in [0.25, 0.3) is 22.5 Å². The molecular formula is C19H15F5N2O2S. The Morgan fingerprint density at radius 2 is 1.41 bits per heavy atom. The first kappa shape index (κ1) is 21.0. The molecule has 0 saturated heterocycles. The summed E-state index contributed by atoms with van der Waals surface area (Å²) in [6.07, 6.45) is -4.19. The lowest BCUT2D eigenvalue weighted by Gasteiger charge is -2.08. The van der Waals surface area contributed by atoms with Gasteiger partial charge >= 0.3 is 6.18 Å². The molecule has 2 aromatic carbocycles. The Hall–Kier alpha value is -2.75. The second-order valence-electron chi connectivity index (χ2n) is 6.72. The van der Waals surface area contributed by atoms with Gasteiger partial charge in [-0.2, -0.15) is 13.2 Å². The molecule has 0 atom stereocenters. The van der Waals surface area contributed by atoms with E-state index in [0.717, 1.165) is 11.1 Å². The van der Waals surface area contributed by atoms with Crippen LogP contribution in [0, 0.1) is 25.5 Å². The minimum Gasteiger partial charge on any atom is -0.334 e. The van der Waals surface area contributed by atoms with E-state index in [2.05, 4.69) is 9.97 Å². The lowest BCUT2D eigenvalue weighted by molar-refractivity contribution is -0.144. The summed E-state index contributed by atoms with van der Waals surface area (Å²) in [6.45, 7) is 3.49. The summed E-state index contributed by atoms with van der Waals surface area (Å²) < 4.78 is 91.5. The standard InChI is InChI=1S/C19H15F5N2O2S/c1-9-4-10(2)6-11(5-9)15-16(26-18(25-15)19(22,23)24)12-7-13(20)17(14(21)8-12)29(3,27)28/h4-8H,1-3H3,(H,25,26). The van der Waals surface area contributed by atoms with Crippen molar-refractivity contribution in [1.82, 2.24) is 9.97 Å². The molecule has 0 aliphatic carbocycles. The van der Waals surface area contributed by atoms with Gasteiger partial charge in [-0.25, -0.2) is 22.2 Å². The zero-order chi connectivity index (χ0) is 21.7. The molecule has 3 aromatic rings. The number of alkyl halides is 3. The van der Waals surface area contributed by atoms with Crippen LogP contribution in [-0.2, 0) is 16.0 Å². The maximum absolute atomic E-state index is 14.3. The highest BCUT2D eigenvalue weighted by Gasteiger charge is 2.36. The average molecular weight is 430 g/mol. The Kier molecular flexibility index (Phi) is 5.02. The number of H-pyrrole nitrogens is 1. The zero-order valence-corrected chi connectivity index (χ0v) is 16.3. The van der Waals surface area contributed by atoms with E-state index < -0.39 is 38.4 Å². The molecule has 0 spiro atoms. The molecule has 0 bridgehead atoms. The Morgan fingerprint density at radius 3 is 1.86 bits per heavy atom. The fraction of sp³-hybridized carbons (Fsp3) is 0.211. The average Bonchev–Trinajstić information content (AvgIpc) is 2.97. The lowest BCUT2D eigenvalue weighted by Crippen LogP contribution is -2.07. The van der Waals surface area contributed by atoms with E-state index >= 15 is 0 Å². The highest BCUT2D eigenvalue weighted by molar-refractivity contribution is 7.90. The van der Waals surface area contributed by atoms with Crippen molar-refractivity contribution in [3.05, 3.63) is 58.9 Å². The summed E-state index contributed by atoms with van der Waals surface area (Å²) in [5.74, 6) is -4.16. The molecule has 1 N–H and O–H groups in total. The molecule has 154 valence electrons. The highest BCUT2D eigenvalue weighted by Crippen LogP contribution is 2.37. The van der Waals surface area contributed by atoms with Crippen LogP contribution in [0.15, 0.2) is 35.2 Å². The van der Waals surface area contributed by atoms with Crippen molar-refractivity contribution in [1.29, 1.82) is 0 Å². The van der Waals surface area contributed by atoms with Crippen LogP contribution in [0.4, 0.5) is 22.0 Å². The molecule has 10 heteroatoms. The third-order valence-corrected chi connectivity index (χ3v) is 5.26. The maximum Gasteiger partial charge on any atom is 0.449 e. The fourth-order valence-corrected chi connectivity index (χ4v) is 3.92. The number of hydrogen-bond donors (Lipinski definition) is 1. The SMILES string of the molecule is Cc1cc(C)cc(-c2[nH]c(C(F)(F)F)nc2-c2cc(F)c(S(C)(=O)=O)c(F)c2)c1. The van der Waals surface area contributed by atoms with Gasteiger partial charge < -0.3 is 4.98 Å². The number of rotatable bonds is 3. The first-order chi connectivity index (χ1) is 13.3. The second kappa shape index (κ2) is 6.94. The number of imidazole rings is 1. The van der Waals surface area contributed by atoms with Gasteiger partial charge in [-0.1, -0.05) is 17.2 Å². The van der Waals surface area contributed by atoms with Crippen LogP contribution >= 0.6 is 0 Å². The van der Waals surface area contributed by atoms with E-state index in [9.17, 15) is 30.4 Å². The van der Waals surface area contributed by atoms with E-state index in [1.165, 1.54) is 0 Å². The predicted octanol–water partition coefficient (Wildman–Crippen LogP) is 5.06. The van der Waals surface area contributed by atoms with Crippen molar-refractivity contribution in [3.63, 3.8) is 0 Å². The summed E-state index contributed by atoms with van der Waals surface area (Å²) in [7, 11) is -4.21. The number of hydrogen-bond acceptors (Lipinski definition) is 3. The van der Waals surface area contributed by atoms with Crippen molar-refractivity contribution in [2.24, 2.45) is 0 Å². The van der Waals surface area contributed by atoms with E-state index in [1.54, 1.807) is 26.0 Å². The minimum atomic E-state index is -4.82. The molecular weight excluding hydrogens is 415 g/mol. The molecule has 0 fully saturated rings. The van der Waals surface area contributed by atoms with Crippen LogP contribution in [0.3, 0.4) is 0 Å². The Balaban J connectivity index is 2.31. The van der Waals surface area contributed by atoms with Crippen LogP contribution in [-0.4, -0.2) is 24.6 Å². The van der Waals surface area contributed by atoms with E-state index in [-0.39, 0.29) is 17.0 Å². The van der Waals surface area contributed by atoms with Gasteiger partial charge in [-0.05, 0) is 38.1 Å². The van der Waals surface area contributed by atoms with Crippen molar-refractivity contribution in [2.75, 3.05) is 6.26 Å². The number of sulfone groups is 1. The van der Waals surface area contributed by atoms with E-state index in [4.69, 9.17) is 0 Å². The monoisotopic (exact) mass is 430 g/mol. The van der Waals surface area contributed by atoms with Crippen molar-refractivity contribution in [3.8, 4) is 22.5 Å². The molecule has 0 radical (unpaired) electrons. The van der Waals surface area contributed by atoms with Gasteiger partial charge in [-0.3, -0.25) is 0 Å². The molecule has 4 nitrogen and oxygen atoms in total. The number of nitrogens with zero attached hydrogens (tertiary/aromatic N) is 1. The lowest BCUT2D eigenvalue weighted by atomic mass is 10.0. The third kappa shape index (κ3) is 4.16. The van der Waals surface area contributed by atoms with Gasteiger partial charge in [0.15, 0.2) is 9.84 Å². The topological polar surface area (TPSA) is 62.8 Å². The molecule has 0 aliphatic heterocycles. The predicted molar refractivity (Wildman–Crippen MR) is 97.0 cm³/mol. The normalized spacial score (nSPS) is 12.4. The Labute approximate surface area is 163 Å². The van der Waals surface area contributed by atoms with Crippen LogP contribution in [0.5, 0.6) is 0 Å². The summed E-state index contributed by atoms with van der Waals surface area (Å²) in [5, 5.41) is 0. The molecule has 29 heavy (non-hydrogen) atoms. The first-order valence-electron chi connectivity index (χ1n) is 8.22. The van der Waals surface area contributed by atoms with Crippen LogP contribution in [0.1, 0.15) is 17.0 Å². The summed E-state index contributed by atoms with van der Waals surface area (Å²) >= 11 is 0. The first-order valence-corrected chi connectivity index (χ1v) is 10.1. The molecule has 0 aliphatic rings. The molecule has 0 unspecified atom stereocenters. The van der Waals surface area contributed by atoms with Gasteiger partial charge in [0.25, 0.3) is 0 Å². The zero-order valence-electron chi connectivity index (χ0n) is 15.4. The van der Waals surface area contributed by atoms with Crippen molar-refractivity contribution < 1.29 is 30.4 Å². The number of aromatic nitrogens is 2. The Bertz CT molecular complexity index is 1170. The molecule has 1 heterocycles. The van der Waals surface area contributed by atoms with Gasteiger partial charge in [0.2, 0.25) is 5.82 Å². The van der Waals surface area contributed by atoms with Gasteiger partial charge in [0.05, 0.1) is 11.4 Å². The largest absolute Gasteiger partial charge is 0.449 e. The number of nitrogens with one attached hydrogen (secondary N) is 1. The van der Waals surface area contributed by atoms with Gasteiger partial charge in [0.1, 0.15) is 16.5 Å². The Morgan fingerprint density at radius 1 is 0.897 bits per heavy atom. The summed E-state index contributed by atoms with van der Waals surface area (Å²) in [4.78, 5) is 4.52. The number of benzene rings is 2. The maximum atomic E-state index is 14.3. The van der Waals surface area contributed by atoms with Gasteiger partial charge in [0, 0.05) is 17.4 Å². The quantitative estimate of drug-likeness (QED) is 0.591.